The molecule has 1 atom stereocenters. The Morgan fingerprint density at radius 3 is 2.35 bits per heavy atom. The molecule has 2 aromatic carbocycles. The van der Waals surface area contributed by atoms with Crippen molar-refractivity contribution in [2.75, 3.05) is 0 Å². The third kappa shape index (κ3) is 3.83. The van der Waals surface area contributed by atoms with E-state index in [-0.39, 0.29) is 6.42 Å². The first-order valence-electron chi connectivity index (χ1n) is 6.30. The predicted molar refractivity (Wildman–Crippen MR) is 78.9 cm³/mol. The van der Waals surface area contributed by atoms with Crippen molar-refractivity contribution in [3.05, 3.63) is 59.1 Å². The van der Waals surface area contributed by atoms with E-state index < -0.39 is 12.1 Å². The van der Waals surface area contributed by atoms with E-state index in [0.717, 1.165) is 16.7 Å². The molecule has 0 heterocycles. The predicted octanol–water partition coefficient (Wildman–Crippen LogP) is 3.39. The van der Waals surface area contributed by atoms with E-state index in [2.05, 4.69) is 0 Å². The summed E-state index contributed by atoms with van der Waals surface area (Å²) in [5.41, 5.74) is 2.84. The summed E-state index contributed by atoms with van der Waals surface area (Å²) in [6.45, 7) is 0. The van der Waals surface area contributed by atoms with Crippen LogP contribution in [-0.4, -0.2) is 22.3 Å². The van der Waals surface area contributed by atoms with Crippen molar-refractivity contribution < 1.29 is 15.0 Å². The van der Waals surface area contributed by atoms with Crippen LogP contribution in [0.3, 0.4) is 0 Å². The summed E-state index contributed by atoms with van der Waals surface area (Å²) in [5.74, 6) is -0.995. The fourth-order valence-corrected chi connectivity index (χ4v) is 2.31. The summed E-state index contributed by atoms with van der Waals surface area (Å²) in [4.78, 5) is 10.5. The number of hydrogen-bond acceptors (Lipinski definition) is 2. The van der Waals surface area contributed by atoms with Gasteiger partial charge in [-0.15, -0.1) is 0 Å². The Bertz CT molecular complexity index is 593. The minimum atomic E-state index is -0.995. The number of benzene rings is 2. The molecule has 2 N–H and O–H groups in total. The second-order valence-corrected chi connectivity index (χ2v) is 5.04. The molecule has 0 radical (unpaired) electrons. The number of rotatable bonds is 5. The highest BCUT2D eigenvalue weighted by Gasteiger charge is 2.10. The van der Waals surface area contributed by atoms with Crippen LogP contribution in [0.4, 0.5) is 0 Å². The first-order valence-corrected chi connectivity index (χ1v) is 6.68. The summed E-state index contributed by atoms with van der Waals surface area (Å²) in [6.07, 6.45) is -0.778. The van der Waals surface area contributed by atoms with Gasteiger partial charge in [0.15, 0.2) is 0 Å². The zero-order chi connectivity index (χ0) is 14.5. The molecule has 3 nitrogen and oxygen atoms in total. The van der Waals surface area contributed by atoms with Gasteiger partial charge < -0.3 is 10.2 Å². The highest BCUT2D eigenvalue weighted by Crippen LogP contribution is 2.27. The molecule has 0 aliphatic rings. The standard InChI is InChI=1S/C16H15ClO3/c17-15-4-2-1-3-14(15)12-7-5-11(6-8-12)9-13(18)10-16(19)20/h1-8,13,18H,9-10H2,(H,19,20). The minimum absolute atomic E-state index is 0.244. The molecule has 0 bridgehead atoms. The molecule has 1 unspecified atom stereocenters. The van der Waals surface area contributed by atoms with E-state index in [1.54, 1.807) is 0 Å². The summed E-state index contributed by atoms with van der Waals surface area (Å²) in [6, 6.07) is 15.2. The highest BCUT2D eigenvalue weighted by molar-refractivity contribution is 6.33. The maximum absolute atomic E-state index is 10.5. The van der Waals surface area contributed by atoms with Crippen LogP contribution in [0.2, 0.25) is 5.02 Å². The molecule has 4 heteroatoms. The second kappa shape index (κ2) is 6.55. The number of aliphatic hydroxyl groups excluding tert-OH is 1. The molecule has 0 saturated carbocycles. The lowest BCUT2D eigenvalue weighted by Crippen LogP contribution is -2.15. The van der Waals surface area contributed by atoms with Crippen LogP contribution >= 0.6 is 11.6 Å². The maximum atomic E-state index is 10.5. The van der Waals surface area contributed by atoms with E-state index in [9.17, 15) is 9.90 Å². The number of carboxylic acids is 1. The van der Waals surface area contributed by atoms with Crippen molar-refractivity contribution in [3.8, 4) is 11.1 Å². The lowest BCUT2D eigenvalue weighted by Gasteiger charge is -2.09. The van der Waals surface area contributed by atoms with Crippen molar-refractivity contribution in [1.82, 2.24) is 0 Å². The second-order valence-electron chi connectivity index (χ2n) is 4.63. The van der Waals surface area contributed by atoms with Crippen LogP contribution in [0, 0.1) is 0 Å². The van der Waals surface area contributed by atoms with Crippen molar-refractivity contribution in [2.24, 2.45) is 0 Å². The van der Waals surface area contributed by atoms with Gasteiger partial charge in [-0.3, -0.25) is 4.79 Å². The zero-order valence-corrected chi connectivity index (χ0v) is 11.5. The Hall–Kier alpha value is -1.84. The molecule has 0 aliphatic heterocycles. The molecule has 2 rings (SSSR count). The molecule has 0 fully saturated rings. The molecule has 104 valence electrons. The Kier molecular flexibility index (Phi) is 4.77. The minimum Gasteiger partial charge on any atom is -0.481 e. The molecule has 0 saturated heterocycles. The molecule has 0 aromatic heterocycles. The van der Waals surface area contributed by atoms with Gasteiger partial charge in [-0.25, -0.2) is 0 Å². The Labute approximate surface area is 122 Å². The monoisotopic (exact) mass is 290 g/mol. The molecule has 0 aliphatic carbocycles. The van der Waals surface area contributed by atoms with E-state index in [0.29, 0.717) is 11.4 Å². The lowest BCUT2D eigenvalue weighted by molar-refractivity contribution is -0.139. The van der Waals surface area contributed by atoms with Gasteiger partial charge >= 0.3 is 5.97 Å². The van der Waals surface area contributed by atoms with Crippen LogP contribution in [0.25, 0.3) is 11.1 Å². The average Bonchev–Trinajstić information content (AvgIpc) is 2.39. The van der Waals surface area contributed by atoms with Crippen molar-refractivity contribution >= 4 is 17.6 Å². The Balaban J connectivity index is 2.11. The van der Waals surface area contributed by atoms with Gasteiger partial charge in [0.25, 0.3) is 0 Å². The third-order valence-corrected chi connectivity index (χ3v) is 3.35. The van der Waals surface area contributed by atoms with Crippen LogP contribution in [-0.2, 0) is 11.2 Å². The summed E-state index contributed by atoms with van der Waals surface area (Å²) < 4.78 is 0. The molecular formula is C16H15ClO3. The quantitative estimate of drug-likeness (QED) is 0.887. The van der Waals surface area contributed by atoms with Gasteiger partial charge in [0.1, 0.15) is 0 Å². The molecule has 0 amide bonds. The van der Waals surface area contributed by atoms with E-state index in [1.807, 2.05) is 48.5 Å². The van der Waals surface area contributed by atoms with Crippen LogP contribution < -0.4 is 0 Å². The van der Waals surface area contributed by atoms with Gasteiger partial charge in [0, 0.05) is 10.6 Å². The summed E-state index contributed by atoms with van der Waals surface area (Å²) in [5, 5.41) is 18.9. The Morgan fingerprint density at radius 1 is 1.10 bits per heavy atom. The van der Waals surface area contributed by atoms with Crippen molar-refractivity contribution in [1.29, 1.82) is 0 Å². The van der Waals surface area contributed by atoms with Crippen molar-refractivity contribution in [2.45, 2.75) is 18.9 Å². The van der Waals surface area contributed by atoms with Crippen molar-refractivity contribution in [3.63, 3.8) is 0 Å². The smallest absolute Gasteiger partial charge is 0.305 e. The largest absolute Gasteiger partial charge is 0.481 e. The fourth-order valence-electron chi connectivity index (χ4n) is 2.06. The first-order chi connectivity index (χ1) is 9.56. The highest BCUT2D eigenvalue weighted by atomic mass is 35.5. The average molecular weight is 291 g/mol. The number of hydrogen-bond donors (Lipinski definition) is 2. The van der Waals surface area contributed by atoms with Crippen LogP contribution in [0.15, 0.2) is 48.5 Å². The van der Waals surface area contributed by atoms with Crippen LogP contribution in [0.1, 0.15) is 12.0 Å². The van der Waals surface area contributed by atoms with Gasteiger partial charge in [-0.2, -0.15) is 0 Å². The van der Waals surface area contributed by atoms with E-state index >= 15 is 0 Å². The number of aliphatic hydroxyl groups is 1. The number of aliphatic carboxylic acids is 1. The molecular weight excluding hydrogens is 276 g/mol. The van der Waals surface area contributed by atoms with Gasteiger partial charge in [0.05, 0.1) is 12.5 Å². The number of carboxylic acid groups (broad SMARTS) is 1. The maximum Gasteiger partial charge on any atom is 0.305 e. The Morgan fingerprint density at radius 2 is 1.75 bits per heavy atom. The normalized spacial score (nSPS) is 12.1. The molecule has 2 aromatic rings. The SMILES string of the molecule is O=C(O)CC(O)Cc1ccc(-c2ccccc2Cl)cc1. The van der Waals surface area contributed by atoms with Gasteiger partial charge in [0.2, 0.25) is 0 Å². The number of halogens is 1. The van der Waals surface area contributed by atoms with E-state index in [4.69, 9.17) is 16.7 Å². The molecule has 20 heavy (non-hydrogen) atoms. The fraction of sp³-hybridized carbons (Fsp3) is 0.188. The van der Waals surface area contributed by atoms with E-state index in [1.165, 1.54) is 0 Å². The van der Waals surface area contributed by atoms with Gasteiger partial charge in [-0.1, -0.05) is 54.1 Å². The zero-order valence-electron chi connectivity index (χ0n) is 10.8. The third-order valence-electron chi connectivity index (χ3n) is 3.02. The van der Waals surface area contributed by atoms with Gasteiger partial charge in [-0.05, 0) is 23.6 Å². The lowest BCUT2D eigenvalue weighted by atomic mass is 10.0. The molecule has 0 spiro atoms. The summed E-state index contributed by atoms with van der Waals surface area (Å²) in [7, 11) is 0. The number of carbonyl (C=O) groups is 1. The first kappa shape index (κ1) is 14.6. The summed E-state index contributed by atoms with van der Waals surface area (Å²) >= 11 is 6.13. The topological polar surface area (TPSA) is 57.5 Å². The van der Waals surface area contributed by atoms with Crippen LogP contribution in [0.5, 0.6) is 0 Å².